The Balaban J connectivity index is 3.69. The van der Waals surface area contributed by atoms with Crippen LogP contribution >= 0.6 is 0 Å². The van der Waals surface area contributed by atoms with Crippen LogP contribution in [0.5, 0.6) is 0 Å². The molecule has 0 atom stereocenters. The first-order chi connectivity index (χ1) is 7.11. The second-order valence-corrected chi connectivity index (χ2v) is 3.46. The van der Waals surface area contributed by atoms with Crippen molar-refractivity contribution in [3.63, 3.8) is 0 Å². The Labute approximate surface area is 91.5 Å². The summed E-state index contributed by atoms with van der Waals surface area (Å²) < 4.78 is 0. The summed E-state index contributed by atoms with van der Waals surface area (Å²) in [7, 11) is 0. The average Bonchev–Trinajstić information content (AvgIpc) is 2.18. The minimum Gasteiger partial charge on any atom is -0.351 e. The Morgan fingerprint density at radius 1 is 1.27 bits per heavy atom. The van der Waals surface area contributed by atoms with Crippen molar-refractivity contribution >= 4 is 5.91 Å². The van der Waals surface area contributed by atoms with Gasteiger partial charge < -0.3 is 16.8 Å². The van der Waals surface area contributed by atoms with Gasteiger partial charge in [0.15, 0.2) is 0 Å². The fourth-order valence-corrected chi connectivity index (χ4v) is 1.18. The van der Waals surface area contributed by atoms with E-state index >= 15 is 0 Å². The molecule has 0 fully saturated rings. The Bertz CT molecular complexity index is 200. The number of amides is 1. The van der Waals surface area contributed by atoms with Gasteiger partial charge in [0.2, 0.25) is 5.91 Å². The van der Waals surface area contributed by atoms with Crippen molar-refractivity contribution in [1.82, 2.24) is 10.2 Å². The Morgan fingerprint density at radius 3 is 2.20 bits per heavy atom. The van der Waals surface area contributed by atoms with Gasteiger partial charge in [-0.3, -0.25) is 9.69 Å². The third kappa shape index (κ3) is 7.07. The van der Waals surface area contributed by atoms with Crippen LogP contribution in [0.3, 0.4) is 0 Å². The van der Waals surface area contributed by atoms with E-state index in [-0.39, 0.29) is 5.91 Å². The molecule has 5 nitrogen and oxygen atoms in total. The van der Waals surface area contributed by atoms with Gasteiger partial charge in [0.25, 0.3) is 0 Å². The van der Waals surface area contributed by atoms with Crippen molar-refractivity contribution in [3.8, 4) is 0 Å². The molecule has 0 radical (unpaired) electrons. The Morgan fingerprint density at radius 2 is 1.80 bits per heavy atom. The van der Waals surface area contributed by atoms with Crippen LogP contribution in [0.15, 0.2) is 12.2 Å². The highest BCUT2D eigenvalue weighted by Gasteiger charge is 2.04. The minimum atomic E-state index is -0.101. The van der Waals surface area contributed by atoms with E-state index in [9.17, 15) is 4.79 Å². The van der Waals surface area contributed by atoms with Crippen molar-refractivity contribution in [2.45, 2.75) is 6.92 Å². The fraction of sp³-hybridized carbons (Fsp3) is 0.700. The lowest BCUT2D eigenvalue weighted by Crippen LogP contribution is -2.39. The maximum Gasteiger partial charge on any atom is 0.246 e. The van der Waals surface area contributed by atoms with E-state index < -0.39 is 0 Å². The number of nitrogens with zero attached hydrogens (tertiary/aromatic N) is 1. The van der Waals surface area contributed by atoms with E-state index in [1.54, 1.807) is 6.92 Å². The molecule has 0 aromatic rings. The average molecular weight is 214 g/mol. The lowest BCUT2D eigenvalue weighted by Gasteiger charge is -2.20. The molecular formula is C10H22N4O. The van der Waals surface area contributed by atoms with E-state index in [1.807, 2.05) is 0 Å². The standard InChI is InChI=1S/C10H22N4O/c1-9(2)10(15)13-5-8-14(6-3-11)7-4-12/h1,3-8,11-12H2,2H3,(H,13,15). The van der Waals surface area contributed by atoms with E-state index in [0.717, 1.165) is 19.6 Å². The zero-order chi connectivity index (χ0) is 11.7. The van der Waals surface area contributed by atoms with Crippen molar-refractivity contribution in [2.75, 3.05) is 39.3 Å². The fourth-order valence-electron chi connectivity index (χ4n) is 1.18. The molecule has 0 unspecified atom stereocenters. The monoisotopic (exact) mass is 214 g/mol. The van der Waals surface area contributed by atoms with E-state index in [0.29, 0.717) is 25.2 Å². The summed E-state index contributed by atoms with van der Waals surface area (Å²) in [5, 5.41) is 2.77. The van der Waals surface area contributed by atoms with Crippen molar-refractivity contribution < 1.29 is 4.79 Å². The molecule has 15 heavy (non-hydrogen) atoms. The number of carbonyl (C=O) groups excluding carboxylic acids is 1. The molecule has 0 saturated heterocycles. The largest absolute Gasteiger partial charge is 0.351 e. The molecule has 0 aromatic carbocycles. The molecule has 0 aliphatic rings. The van der Waals surface area contributed by atoms with Gasteiger partial charge in [-0.05, 0) is 6.92 Å². The molecule has 1 amide bonds. The molecule has 0 aromatic heterocycles. The number of hydrogen-bond acceptors (Lipinski definition) is 4. The van der Waals surface area contributed by atoms with Crippen LogP contribution in [0.25, 0.3) is 0 Å². The molecule has 88 valence electrons. The maximum absolute atomic E-state index is 11.2. The summed E-state index contributed by atoms with van der Waals surface area (Å²) in [5.41, 5.74) is 11.4. The van der Waals surface area contributed by atoms with Crippen LogP contribution in [-0.2, 0) is 4.79 Å². The molecule has 0 aliphatic heterocycles. The minimum absolute atomic E-state index is 0.101. The summed E-state index contributed by atoms with van der Waals surface area (Å²) in [6, 6.07) is 0. The van der Waals surface area contributed by atoms with Gasteiger partial charge >= 0.3 is 0 Å². The molecule has 5 heteroatoms. The first kappa shape index (κ1) is 14.1. The summed E-state index contributed by atoms with van der Waals surface area (Å²) in [5.74, 6) is -0.101. The number of hydrogen-bond donors (Lipinski definition) is 3. The van der Waals surface area contributed by atoms with Crippen LogP contribution in [0, 0.1) is 0 Å². The quantitative estimate of drug-likeness (QED) is 0.448. The normalized spacial score (nSPS) is 10.4. The summed E-state index contributed by atoms with van der Waals surface area (Å²) >= 11 is 0. The second-order valence-electron chi connectivity index (χ2n) is 3.46. The lowest BCUT2D eigenvalue weighted by atomic mass is 10.3. The summed E-state index contributed by atoms with van der Waals surface area (Å²) in [4.78, 5) is 13.3. The SMILES string of the molecule is C=C(C)C(=O)NCCN(CCN)CCN. The highest BCUT2D eigenvalue weighted by atomic mass is 16.1. The molecule has 5 N–H and O–H groups in total. The third-order valence-corrected chi connectivity index (χ3v) is 1.99. The molecule has 0 saturated carbocycles. The van der Waals surface area contributed by atoms with Crippen LogP contribution in [0.4, 0.5) is 0 Å². The first-order valence-corrected chi connectivity index (χ1v) is 5.18. The number of carbonyl (C=O) groups is 1. The van der Waals surface area contributed by atoms with E-state index in [1.165, 1.54) is 0 Å². The highest BCUT2D eigenvalue weighted by Crippen LogP contribution is 1.87. The van der Waals surface area contributed by atoms with Crippen LogP contribution in [0.1, 0.15) is 6.92 Å². The Hall–Kier alpha value is -0.910. The zero-order valence-corrected chi connectivity index (χ0v) is 9.46. The van der Waals surface area contributed by atoms with Gasteiger partial charge in [0, 0.05) is 44.8 Å². The first-order valence-electron chi connectivity index (χ1n) is 5.18. The van der Waals surface area contributed by atoms with Gasteiger partial charge in [0.1, 0.15) is 0 Å². The van der Waals surface area contributed by atoms with Gasteiger partial charge in [-0.2, -0.15) is 0 Å². The molecule has 0 spiro atoms. The predicted molar refractivity (Wildman–Crippen MR) is 62.4 cm³/mol. The van der Waals surface area contributed by atoms with Crippen molar-refractivity contribution in [2.24, 2.45) is 11.5 Å². The van der Waals surface area contributed by atoms with Crippen LogP contribution in [-0.4, -0.2) is 50.1 Å². The third-order valence-electron chi connectivity index (χ3n) is 1.99. The van der Waals surface area contributed by atoms with Gasteiger partial charge in [-0.1, -0.05) is 6.58 Å². The van der Waals surface area contributed by atoms with Crippen molar-refractivity contribution in [1.29, 1.82) is 0 Å². The summed E-state index contributed by atoms with van der Waals surface area (Å²) in [6.07, 6.45) is 0. The molecule has 0 bridgehead atoms. The van der Waals surface area contributed by atoms with E-state index in [4.69, 9.17) is 11.5 Å². The predicted octanol–water partition coefficient (Wildman–Crippen LogP) is -1.10. The van der Waals surface area contributed by atoms with Crippen molar-refractivity contribution in [3.05, 3.63) is 12.2 Å². The molecule has 0 rings (SSSR count). The van der Waals surface area contributed by atoms with Gasteiger partial charge in [0.05, 0.1) is 0 Å². The van der Waals surface area contributed by atoms with Crippen LogP contribution in [0.2, 0.25) is 0 Å². The number of nitrogens with one attached hydrogen (secondary N) is 1. The van der Waals surface area contributed by atoms with E-state index in [2.05, 4.69) is 16.8 Å². The highest BCUT2D eigenvalue weighted by molar-refractivity contribution is 5.92. The molecule has 0 heterocycles. The zero-order valence-electron chi connectivity index (χ0n) is 9.46. The van der Waals surface area contributed by atoms with Gasteiger partial charge in [-0.25, -0.2) is 0 Å². The number of rotatable bonds is 8. The molecular weight excluding hydrogens is 192 g/mol. The Kier molecular flexibility index (Phi) is 7.89. The van der Waals surface area contributed by atoms with Crippen LogP contribution < -0.4 is 16.8 Å². The maximum atomic E-state index is 11.2. The van der Waals surface area contributed by atoms with Gasteiger partial charge in [-0.15, -0.1) is 0 Å². The topological polar surface area (TPSA) is 84.4 Å². The second kappa shape index (κ2) is 8.40. The lowest BCUT2D eigenvalue weighted by molar-refractivity contribution is -0.117. The molecule has 0 aliphatic carbocycles. The summed E-state index contributed by atoms with van der Waals surface area (Å²) in [6.45, 7) is 9.44. The number of nitrogens with two attached hydrogens (primary N) is 2. The smallest absolute Gasteiger partial charge is 0.246 e.